The highest BCUT2D eigenvalue weighted by Crippen LogP contribution is 2.31. The predicted molar refractivity (Wildman–Crippen MR) is 120 cm³/mol. The number of rotatable bonds is 7. The van der Waals surface area contributed by atoms with Crippen LogP contribution in [0.3, 0.4) is 0 Å². The van der Waals surface area contributed by atoms with Crippen molar-refractivity contribution in [3.8, 4) is 17.2 Å². The van der Waals surface area contributed by atoms with Crippen molar-refractivity contribution in [2.75, 3.05) is 11.6 Å². The van der Waals surface area contributed by atoms with Crippen molar-refractivity contribution in [2.45, 2.75) is 36.4 Å². The minimum Gasteiger partial charge on any atom is -0.488 e. The van der Waals surface area contributed by atoms with Gasteiger partial charge >= 0.3 is 0 Å². The molecular formula is C22H22N2O6S2. The number of sulfone groups is 1. The highest BCUT2D eigenvalue weighted by Gasteiger charge is 2.27. The van der Waals surface area contributed by atoms with Gasteiger partial charge in [0.2, 0.25) is 0 Å². The van der Waals surface area contributed by atoms with E-state index in [1.54, 1.807) is 41.9 Å². The first kappa shape index (κ1) is 22.3. The monoisotopic (exact) mass is 474 g/mol. The molecule has 1 aliphatic rings. The van der Waals surface area contributed by atoms with Crippen LogP contribution in [-0.2, 0) is 9.84 Å². The van der Waals surface area contributed by atoms with Crippen LogP contribution in [0, 0.1) is 0 Å². The third-order valence-electron chi connectivity index (χ3n) is 4.99. The second kappa shape index (κ2) is 9.27. The fourth-order valence-corrected chi connectivity index (χ4v) is 4.55. The van der Waals surface area contributed by atoms with Gasteiger partial charge in [-0.25, -0.2) is 13.4 Å². The van der Waals surface area contributed by atoms with Crippen LogP contribution in [-0.4, -0.2) is 42.9 Å². The van der Waals surface area contributed by atoms with E-state index in [4.69, 9.17) is 9.47 Å². The van der Waals surface area contributed by atoms with Gasteiger partial charge in [-0.3, -0.25) is 10.1 Å². The standard InChI is InChI=1S/C22H22N2O6S2/c1-32(27,28)18-7-5-15(6-8-18)29-16-11-14(21(26)24-22-23-9-10-31-22)12-17(13-16)30-20-4-2-3-19(20)25/h5-13,19-20,25H,2-4H2,1H3,(H,23,24,26)/t19-,20-/m0/s1. The fourth-order valence-electron chi connectivity index (χ4n) is 3.39. The normalized spacial score (nSPS) is 18.3. The van der Waals surface area contributed by atoms with E-state index in [9.17, 15) is 18.3 Å². The number of hydrogen-bond acceptors (Lipinski definition) is 8. The minimum atomic E-state index is -3.32. The lowest BCUT2D eigenvalue weighted by Gasteiger charge is -2.18. The maximum absolute atomic E-state index is 12.8. The highest BCUT2D eigenvalue weighted by molar-refractivity contribution is 7.90. The fraction of sp³-hybridized carbons (Fsp3) is 0.273. The van der Waals surface area contributed by atoms with Gasteiger partial charge in [0.25, 0.3) is 5.91 Å². The molecule has 3 aromatic rings. The molecule has 2 aromatic carbocycles. The summed E-state index contributed by atoms with van der Waals surface area (Å²) in [6.07, 6.45) is 4.08. The molecule has 0 bridgehead atoms. The molecule has 2 atom stereocenters. The molecule has 0 unspecified atom stereocenters. The summed E-state index contributed by atoms with van der Waals surface area (Å²) in [6.45, 7) is 0. The molecule has 0 spiro atoms. The maximum atomic E-state index is 12.8. The van der Waals surface area contributed by atoms with E-state index in [1.807, 2.05) is 0 Å². The number of carbonyl (C=O) groups is 1. The van der Waals surface area contributed by atoms with Crippen LogP contribution in [0.25, 0.3) is 0 Å². The van der Waals surface area contributed by atoms with Crippen LogP contribution in [0.4, 0.5) is 5.13 Å². The van der Waals surface area contributed by atoms with Crippen molar-refractivity contribution in [3.63, 3.8) is 0 Å². The van der Waals surface area contributed by atoms with Crippen LogP contribution >= 0.6 is 11.3 Å². The largest absolute Gasteiger partial charge is 0.488 e. The number of carbonyl (C=O) groups excluding carboxylic acids is 1. The van der Waals surface area contributed by atoms with Gasteiger partial charge in [-0.2, -0.15) is 0 Å². The summed E-state index contributed by atoms with van der Waals surface area (Å²) in [5.41, 5.74) is 0.299. The van der Waals surface area contributed by atoms with E-state index >= 15 is 0 Å². The summed E-state index contributed by atoms with van der Waals surface area (Å²) in [7, 11) is -3.32. The number of anilines is 1. The van der Waals surface area contributed by atoms with Crippen molar-refractivity contribution in [3.05, 3.63) is 59.6 Å². The van der Waals surface area contributed by atoms with Crippen LogP contribution in [0.5, 0.6) is 17.2 Å². The van der Waals surface area contributed by atoms with E-state index in [2.05, 4.69) is 10.3 Å². The first-order valence-corrected chi connectivity index (χ1v) is 12.7. The van der Waals surface area contributed by atoms with Gasteiger partial charge in [0, 0.05) is 29.5 Å². The molecule has 1 amide bonds. The van der Waals surface area contributed by atoms with Crippen molar-refractivity contribution >= 4 is 32.2 Å². The van der Waals surface area contributed by atoms with Gasteiger partial charge in [0.05, 0.1) is 11.0 Å². The summed E-state index contributed by atoms with van der Waals surface area (Å²) < 4.78 is 35.2. The van der Waals surface area contributed by atoms with Gasteiger partial charge < -0.3 is 14.6 Å². The molecule has 0 saturated heterocycles. The third kappa shape index (κ3) is 5.45. The number of amides is 1. The molecule has 32 heavy (non-hydrogen) atoms. The molecule has 168 valence electrons. The van der Waals surface area contributed by atoms with Crippen LogP contribution < -0.4 is 14.8 Å². The second-order valence-corrected chi connectivity index (χ2v) is 10.4. The number of aliphatic hydroxyl groups excluding tert-OH is 1. The molecule has 1 heterocycles. The van der Waals surface area contributed by atoms with Gasteiger partial charge in [0.1, 0.15) is 23.4 Å². The zero-order valence-corrected chi connectivity index (χ0v) is 18.9. The predicted octanol–water partition coefficient (Wildman–Crippen LogP) is 3.88. The summed E-state index contributed by atoms with van der Waals surface area (Å²) in [5, 5.41) is 15.0. The third-order valence-corrected chi connectivity index (χ3v) is 6.80. The van der Waals surface area contributed by atoms with Crippen LogP contribution in [0.1, 0.15) is 29.6 Å². The summed E-state index contributed by atoms with van der Waals surface area (Å²) in [4.78, 5) is 17.0. The molecule has 10 heteroatoms. The molecular weight excluding hydrogens is 452 g/mol. The lowest BCUT2D eigenvalue weighted by molar-refractivity contribution is 0.0602. The van der Waals surface area contributed by atoms with Gasteiger partial charge in [0.15, 0.2) is 15.0 Å². The van der Waals surface area contributed by atoms with Gasteiger partial charge in [-0.05, 0) is 55.7 Å². The Hall–Kier alpha value is -2.95. The maximum Gasteiger partial charge on any atom is 0.257 e. The Morgan fingerprint density at radius 1 is 1.12 bits per heavy atom. The molecule has 8 nitrogen and oxygen atoms in total. The van der Waals surface area contributed by atoms with E-state index < -0.39 is 15.9 Å². The number of aromatic nitrogens is 1. The summed E-state index contributed by atoms with van der Waals surface area (Å²) in [6, 6.07) is 10.8. The molecule has 0 radical (unpaired) electrons. The SMILES string of the molecule is CS(=O)(=O)c1ccc(Oc2cc(O[C@H]3CCC[C@@H]3O)cc(C(=O)Nc3nccs3)c2)cc1. The number of nitrogens with one attached hydrogen (secondary N) is 1. The Morgan fingerprint density at radius 2 is 1.88 bits per heavy atom. The number of nitrogens with zero attached hydrogens (tertiary/aromatic N) is 1. The summed E-state index contributed by atoms with van der Waals surface area (Å²) in [5.74, 6) is 0.758. The number of aliphatic hydroxyl groups is 1. The quantitative estimate of drug-likeness (QED) is 0.534. The van der Waals surface area contributed by atoms with E-state index in [0.29, 0.717) is 34.4 Å². The topological polar surface area (TPSA) is 115 Å². The molecule has 1 saturated carbocycles. The van der Waals surface area contributed by atoms with Crippen molar-refractivity contribution in [1.82, 2.24) is 4.98 Å². The Morgan fingerprint density at radius 3 is 2.50 bits per heavy atom. The van der Waals surface area contributed by atoms with Crippen molar-refractivity contribution < 1.29 is 27.8 Å². The van der Waals surface area contributed by atoms with Crippen LogP contribution in [0.2, 0.25) is 0 Å². The van der Waals surface area contributed by atoms with Crippen LogP contribution in [0.15, 0.2) is 58.9 Å². The Kier molecular flexibility index (Phi) is 6.45. The summed E-state index contributed by atoms with van der Waals surface area (Å²) >= 11 is 1.30. The van der Waals surface area contributed by atoms with Crippen molar-refractivity contribution in [1.29, 1.82) is 0 Å². The van der Waals surface area contributed by atoms with E-state index in [0.717, 1.165) is 19.1 Å². The molecule has 0 aliphatic heterocycles. The number of thiazole rings is 1. The minimum absolute atomic E-state index is 0.181. The molecule has 2 N–H and O–H groups in total. The lowest BCUT2D eigenvalue weighted by atomic mass is 10.1. The smallest absolute Gasteiger partial charge is 0.257 e. The first-order valence-electron chi connectivity index (χ1n) is 9.96. The zero-order valence-electron chi connectivity index (χ0n) is 17.2. The number of benzene rings is 2. The Labute approximate surface area is 189 Å². The molecule has 1 fully saturated rings. The Balaban J connectivity index is 1.60. The molecule has 1 aliphatic carbocycles. The first-order chi connectivity index (χ1) is 15.3. The van der Waals surface area contributed by atoms with Gasteiger partial charge in [-0.15, -0.1) is 11.3 Å². The van der Waals surface area contributed by atoms with Crippen molar-refractivity contribution in [2.24, 2.45) is 0 Å². The zero-order chi connectivity index (χ0) is 22.7. The number of ether oxygens (including phenoxy) is 2. The number of hydrogen-bond donors (Lipinski definition) is 2. The van der Waals surface area contributed by atoms with Gasteiger partial charge in [-0.1, -0.05) is 0 Å². The second-order valence-electron chi connectivity index (χ2n) is 7.48. The Bertz CT molecular complexity index is 1190. The average Bonchev–Trinajstić information content (AvgIpc) is 3.39. The lowest BCUT2D eigenvalue weighted by Crippen LogP contribution is -2.25. The molecule has 4 rings (SSSR count). The average molecular weight is 475 g/mol. The van der Waals surface area contributed by atoms with E-state index in [1.165, 1.54) is 23.5 Å². The molecule has 1 aromatic heterocycles. The van der Waals surface area contributed by atoms with E-state index in [-0.39, 0.29) is 16.9 Å². The highest BCUT2D eigenvalue weighted by atomic mass is 32.2.